The minimum Gasteiger partial charge on any atom is -0.492 e. The third-order valence-corrected chi connectivity index (χ3v) is 5.20. The van der Waals surface area contributed by atoms with Gasteiger partial charge < -0.3 is 14.7 Å². The number of hydrogen-bond donors (Lipinski definition) is 1. The normalized spacial score (nSPS) is 22.3. The maximum atomic E-state index is 9.59. The van der Waals surface area contributed by atoms with Crippen molar-refractivity contribution in [3.05, 3.63) is 30.3 Å². The van der Waals surface area contributed by atoms with E-state index in [1.807, 2.05) is 30.3 Å². The largest absolute Gasteiger partial charge is 0.492 e. The van der Waals surface area contributed by atoms with Crippen LogP contribution in [-0.4, -0.2) is 66.9 Å². The van der Waals surface area contributed by atoms with Gasteiger partial charge in [0.1, 0.15) is 12.4 Å². The van der Waals surface area contributed by atoms with E-state index in [2.05, 4.69) is 9.80 Å². The lowest BCUT2D eigenvalue weighted by atomic mass is 9.95. The van der Waals surface area contributed by atoms with Crippen molar-refractivity contribution in [2.45, 2.75) is 31.8 Å². The van der Waals surface area contributed by atoms with E-state index in [1.165, 1.54) is 32.5 Å². The van der Waals surface area contributed by atoms with Gasteiger partial charge in [0.15, 0.2) is 0 Å². The summed E-state index contributed by atoms with van der Waals surface area (Å²) in [6, 6.07) is 10.1. The van der Waals surface area contributed by atoms with Gasteiger partial charge >= 0.3 is 0 Å². The average Bonchev–Trinajstić information content (AvgIpc) is 2.59. The highest BCUT2D eigenvalue weighted by molar-refractivity contribution is 5.20. The quantitative estimate of drug-likeness (QED) is 0.872. The molecule has 0 unspecified atom stereocenters. The first-order chi connectivity index (χ1) is 11.3. The lowest BCUT2D eigenvalue weighted by Gasteiger charge is -2.36. The summed E-state index contributed by atoms with van der Waals surface area (Å²) in [4.78, 5) is 5.07. The highest BCUT2D eigenvalue weighted by atomic mass is 16.5. The molecule has 4 nitrogen and oxygen atoms in total. The second-order valence-electron chi connectivity index (χ2n) is 6.98. The molecule has 128 valence electrons. The van der Waals surface area contributed by atoms with Crippen LogP contribution in [0.4, 0.5) is 0 Å². The van der Waals surface area contributed by atoms with Crippen molar-refractivity contribution in [1.82, 2.24) is 9.80 Å². The van der Waals surface area contributed by atoms with E-state index in [1.54, 1.807) is 0 Å². The lowest BCUT2D eigenvalue weighted by Crippen LogP contribution is -2.43. The minimum absolute atomic E-state index is 0.0577. The maximum Gasteiger partial charge on any atom is 0.119 e. The van der Waals surface area contributed by atoms with Crippen LogP contribution in [0.1, 0.15) is 25.7 Å². The number of aliphatic hydroxyl groups excluding tert-OH is 1. The zero-order valence-electron chi connectivity index (χ0n) is 14.1. The Morgan fingerprint density at radius 2 is 1.57 bits per heavy atom. The van der Waals surface area contributed by atoms with Crippen molar-refractivity contribution in [3.8, 4) is 5.75 Å². The molecule has 4 heteroatoms. The van der Waals surface area contributed by atoms with Crippen molar-refractivity contribution in [1.29, 1.82) is 0 Å². The zero-order chi connectivity index (χ0) is 15.9. The molecule has 2 heterocycles. The predicted octanol–water partition coefficient (Wildman–Crippen LogP) is 2.23. The molecule has 2 fully saturated rings. The van der Waals surface area contributed by atoms with E-state index < -0.39 is 0 Å². The summed E-state index contributed by atoms with van der Waals surface area (Å²) in [5.41, 5.74) is 0. The van der Waals surface area contributed by atoms with Gasteiger partial charge in [0.25, 0.3) is 0 Å². The first-order valence-corrected chi connectivity index (χ1v) is 9.10. The smallest absolute Gasteiger partial charge is 0.119 e. The Morgan fingerprint density at radius 1 is 0.913 bits per heavy atom. The van der Waals surface area contributed by atoms with E-state index in [9.17, 15) is 5.11 Å². The topological polar surface area (TPSA) is 35.9 Å². The molecule has 0 spiro atoms. The third-order valence-electron chi connectivity index (χ3n) is 5.20. The molecule has 0 aliphatic carbocycles. The van der Waals surface area contributed by atoms with Crippen LogP contribution in [0.2, 0.25) is 0 Å². The number of ether oxygens (including phenoxy) is 1. The molecule has 23 heavy (non-hydrogen) atoms. The monoisotopic (exact) mass is 318 g/mol. The molecule has 3 rings (SSSR count). The molecule has 0 radical (unpaired) electrons. The molecule has 0 bridgehead atoms. The number of aliphatic hydroxyl groups is 1. The number of piperidine rings is 2. The molecule has 0 atom stereocenters. The second kappa shape index (κ2) is 8.67. The van der Waals surface area contributed by atoms with Gasteiger partial charge in [-0.25, -0.2) is 0 Å². The lowest BCUT2D eigenvalue weighted by molar-refractivity contribution is 0.0638. The standard InChI is InChI=1S/C19H30N2O2/c22-18-8-12-21(13-9-18)16-17-6-10-20(11-7-17)14-15-23-19-4-2-1-3-5-19/h1-5,17-18,22H,6-16H2. The van der Waals surface area contributed by atoms with Gasteiger partial charge in [0.05, 0.1) is 6.10 Å². The summed E-state index contributed by atoms with van der Waals surface area (Å²) in [6.45, 7) is 7.56. The molecule has 1 aromatic carbocycles. The van der Waals surface area contributed by atoms with Crippen molar-refractivity contribution in [2.24, 2.45) is 5.92 Å². The number of para-hydroxylation sites is 1. The van der Waals surface area contributed by atoms with Crippen molar-refractivity contribution in [3.63, 3.8) is 0 Å². The fraction of sp³-hybridized carbons (Fsp3) is 0.684. The first-order valence-electron chi connectivity index (χ1n) is 9.10. The highest BCUT2D eigenvalue weighted by Gasteiger charge is 2.23. The first kappa shape index (κ1) is 16.7. The van der Waals surface area contributed by atoms with E-state index in [0.29, 0.717) is 0 Å². The molecule has 1 aromatic rings. The fourth-order valence-corrected chi connectivity index (χ4v) is 3.67. The van der Waals surface area contributed by atoms with Crippen LogP contribution in [-0.2, 0) is 0 Å². The van der Waals surface area contributed by atoms with Gasteiger partial charge in [-0.15, -0.1) is 0 Å². The van der Waals surface area contributed by atoms with E-state index in [0.717, 1.165) is 50.8 Å². The SMILES string of the molecule is OC1CCN(CC2CCN(CCOc3ccccc3)CC2)CC1. The van der Waals surface area contributed by atoms with Crippen LogP contribution in [0.5, 0.6) is 5.75 Å². The van der Waals surface area contributed by atoms with Gasteiger partial charge in [0.2, 0.25) is 0 Å². The predicted molar refractivity (Wildman–Crippen MR) is 92.8 cm³/mol. The number of nitrogens with zero attached hydrogens (tertiary/aromatic N) is 2. The summed E-state index contributed by atoms with van der Waals surface area (Å²) >= 11 is 0. The molecule has 0 saturated carbocycles. The Kier molecular flexibility index (Phi) is 6.31. The van der Waals surface area contributed by atoms with Crippen LogP contribution in [0, 0.1) is 5.92 Å². The number of rotatable bonds is 6. The second-order valence-corrected chi connectivity index (χ2v) is 6.98. The summed E-state index contributed by atoms with van der Waals surface area (Å²) in [7, 11) is 0. The van der Waals surface area contributed by atoms with Crippen LogP contribution < -0.4 is 4.74 Å². The molecular formula is C19H30N2O2. The van der Waals surface area contributed by atoms with Gasteiger partial charge in [0, 0.05) is 26.2 Å². The van der Waals surface area contributed by atoms with Crippen LogP contribution in [0.15, 0.2) is 30.3 Å². The highest BCUT2D eigenvalue weighted by Crippen LogP contribution is 2.20. The molecule has 0 aromatic heterocycles. The van der Waals surface area contributed by atoms with Crippen molar-refractivity contribution in [2.75, 3.05) is 45.9 Å². The Labute approximate surface area is 140 Å². The van der Waals surface area contributed by atoms with Crippen molar-refractivity contribution < 1.29 is 9.84 Å². The summed E-state index contributed by atoms with van der Waals surface area (Å²) in [5, 5.41) is 9.59. The Morgan fingerprint density at radius 3 is 2.26 bits per heavy atom. The summed E-state index contributed by atoms with van der Waals surface area (Å²) in [6.07, 6.45) is 4.44. The van der Waals surface area contributed by atoms with Crippen LogP contribution in [0.3, 0.4) is 0 Å². The fourth-order valence-electron chi connectivity index (χ4n) is 3.67. The van der Waals surface area contributed by atoms with Gasteiger partial charge in [-0.05, 0) is 56.8 Å². The summed E-state index contributed by atoms with van der Waals surface area (Å²) in [5.74, 6) is 1.80. The van der Waals surface area contributed by atoms with E-state index in [4.69, 9.17) is 4.74 Å². The van der Waals surface area contributed by atoms with Gasteiger partial charge in [-0.2, -0.15) is 0 Å². The van der Waals surface area contributed by atoms with Crippen LogP contribution in [0.25, 0.3) is 0 Å². The van der Waals surface area contributed by atoms with E-state index >= 15 is 0 Å². The minimum atomic E-state index is -0.0577. The average molecular weight is 318 g/mol. The molecule has 2 aliphatic rings. The molecule has 0 amide bonds. The summed E-state index contributed by atoms with van der Waals surface area (Å²) < 4.78 is 5.79. The Bertz CT molecular complexity index is 438. The number of likely N-dealkylation sites (tertiary alicyclic amines) is 2. The van der Waals surface area contributed by atoms with E-state index in [-0.39, 0.29) is 6.10 Å². The maximum absolute atomic E-state index is 9.59. The number of benzene rings is 1. The molecule has 1 N–H and O–H groups in total. The Balaban J connectivity index is 1.29. The van der Waals surface area contributed by atoms with Gasteiger partial charge in [-0.1, -0.05) is 18.2 Å². The number of hydrogen-bond acceptors (Lipinski definition) is 4. The van der Waals surface area contributed by atoms with Crippen molar-refractivity contribution >= 4 is 0 Å². The zero-order valence-corrected chi connectivity index (χ0v) is 14.1. The third kappa shape index (κ3) is 5.48. The molecular weight excluding hydrogens is 288 g/mol. The Hall–Kier alpha value is -1.10. The molecule has 2 aliphatic heterocycles. The van der Waals surface area contributed by atoms with Gasteiger partial charge in [-0.3, -0.25) is 4.90 Å². The van der Waals surface area contributed by atoms with Crippen LogP contribution >= 0.6 is 0 Å². The molecule has 2 saturated heterocycles.